The Kier molecular flexibility index (Phi) is 5.80. The minimum Gasteiger partial charge on any atom is -0.317 e. The quantitative estimate of drug-likeness (QED) is 0.926. The second-order valence-corrected chi connectivity index (χ2v) is 6.72. The number of piperidine rings is 1. The van der Waals surface area contributed by atoms with E-state index in [4.69, 9.17) is 0 Å². The van der Waals surface area contributed by atoms with Crippen LogP contribution >= 0.6 is 12.4 Å². The van der Waals surface area contributed by atoms with Gasteiger partial charge in [0.1, 0.15) is 0 Å². The Morgan fingerprint density at radius 1 is 1.16 bits per heavy atom. The summed E-state index contributed by atoms with van der Waals surface area (Å²) in [6.07, 6.45) is 1.75. The van der Waals surface area contributed by atoms with E-state index in [-0.39, 0.29) is 12.4 Å². The van der Waals surface area contributed by atoms with E-state index in [2.05, 4.69) is 5.32 Å². The van der Waals surface area contributed by atoms with Crippen molar-refractivity contribution in [3.63, 3.8) is 0 Å². The van der Waals surface area contributed by atoms with Crippen molar-refractivity contribution in [3.05, 3.63) is 29.8 Å². The van der Waals surface area contributed by atoms with E-state index < -0.39 is 10.0 Å². The molecular weight excluding hydrogens is 284 g/mol. The van der Waals surface area contributed by atoms with Crippen molar-refractivity contribution in [1.29, 1.82) is 0 Å². The number of nitrogens with zero attached hydrogens (tertiary/aromatic N) is 1. The van der Waals surface area contributed by atoms with E-state index in [1.54, 1.807) is 16.4 Å². The third-order valence-electron chi connectivity index (χ3n) is 3.52. The van der Waals surface area contributed by atoms with Crippen LogP contribution in [-0.4, -0.2) is 38.9 Å². The average molecular weight is 305 g/mol. The van der Waals surface area contributed by atoms with E-state index in [1.165, 1.54) is 0 Å². The van der Waals surface area contributed by atoms with Gasteiger partial charge in [-0.25, -0.2) is 8.42 Å². The molecule has 0 aliphatic carbocycles. The van der Waals surface area contributed by atoms with Gasteiger partial charge < -0.3 is 5.32 Å². The van der Waals surface area contributed by atoms with Gasteiger partial charge in [-0.1, -0.05) is 17.7 Å². The van der Waals surface area contributed by atoms with Gasteiger partial charge >= 0.3 is 0 Å². The summed E-state index contributed by atoms with van der Waals surface area (Å²) < 4.78 is 26.4. The molecule has 6 heteroatoms. The predicted molar refractivity (Wildman–Crippen MR) is 79.3 cm³/mol. The Morgan fingerprint density at radius 3 is 2.16 bits per heavy atom. The number of nitrogens with one attached hydrogen (secondary N) is 1. The highest BCUT2D eigenvalue weighted by atomic mass is 35.5. The zero-order valence-electron chi connectivity index (χ0n) is 11.3. The molecule has 0 radical (unpaired) electrons. The summed E-state index contributed by atoms with van der Waals surface area (Å²) >= 11 is 0. The van der Waals surface area contributed by atoms with Gasteiger partial charge in [0.15, 0.2) is 0 Å². The van der Waals surface area contributed by atoms with E-state index in [9.17, 15) is 8.42 Å². The van der Waals surface area contributed by atoms with Crippen LogP contribution in [0.15, 0.2) is 29.2 Å². The number of halogens is 1. The highest BCUT2D eigenvalue weighted by molar-refractivity contribution is 7.89. The molecule has 0 amide bonds. The topological polar surface area (TPSA) is 49.4 Å². The molecule has 4 nitrogen and oxygen atoms in total. The van der Waals surface area contributed by atoms with Crippen LogP contribution in [0.2, 0.25) is 0 Å². The molecule has 0 atom stereocenters. The molecule has 108 valence electrons. The van der Waals surface area contributed by atoms with E-state index in [1.807, 2.05) is 26.1 Å². The van der Waals surface area contributed by atoms with Crippen LogP contribution in [0.25, 0.3) is 0 Å². The molecule has 0 saturated carbocycles. The number of sulfonamides is 1. The maximum absolute atomic E-state index is 12.4. The summed E-state index contributed by atoms with van der Waals surface area (Å²) in [5.74, 6) is 0. The van der Waals surface area contributed by atoms with E-state index in [0.717, 1.165) is 18.4 Å². The highest BCUT2D eigenvalue weighted by Crippen LogP contribution is 2.20. The lowest BCUT2D eigenvalue weighted by Gasteiger charge is -2.30. The lowest BCUT2D eigenvalue weighted by atomic mass is 10.1. The van der Waals surface area contributed by atoms with Gasteiger partial charge in [0.2, 0.25) is 10.0 Å². The Balaban J connectivity index is 0.00000180. The van der Waals surface area contributed by atoms with Crippen LogP contribution in [0.5, 0.6) is 0 Å². The van der Waals surface area contributed by atoms with E-state index >= 15 is 0 Å². The van der Waals surface area contributed by atoms with Crippen LogP contribution < -0.4 is 5.32 Å². The molecule has 1 heterocycles. The zero-order chi connectivity index (χ0) is 13.2. The largest absolute Gasteiger partial charge is 0.317 e. The van der Waals surface area contributed by atoms with Gasteiger partial charge in [0, 0.05) is 19.1 Å². The molecule has 1 saturated heterocycles. The van der Waals surface area contributed by atoms with Crippen LogP contribution in [0.3, 0.4) is 0 Å². The zero-order valence-corrected chi connectivity index (χ0v) is 12.9. The summed E-state index contributed by atoms with van der Waals surface area (Å²) in [7, 11) is -1.38. The molecule has 0 unspecified atom stereocenters. The molecule has 19 heavy (non-hydrogen) atoms. The number of benzene rings is 1. The van der Waals surface area contributed by atoms with Crippen molar-refractivity contribution >= 4 is 22.4 Å². The molecule has 1 N–H and O–H groups in total. The summed E-state index contributed by atoms with van der Waals surface area (Å²) in [4.78, 5) is 0.399. The number of hydrogen-bond donors (Lipinski definition) is 1. The first-order chi connectivity index (χ1) is 8.54. The summed E-state index contributed by atoms with van der Waals surface area (Å²) in [6.45, 7) is 3.15. The van der Waals surface area contributed by atoms with Crippen LogP contribution in [-0.2, 0) is 10.0 Å². The second kappa shape index (κ2) is 6.70. The van der Waals surface area contributed by atoms with Gasteiger partial charge in [-0.2, -0.15) is 4.31 Å². The van der Waals surface area contributed by atoms with Gasteiger partial charge in [-0.05, 0) is 38.9 Å². The summed E-state index contributed by atoms with van der Waals surface area (Å²) in [5, 5.41) is 3.20. The van der Waals surface area contributed by atoms with E-state index in [0.29, 0.717) is 24.0 Å². The van der Waals surface area contributed by atoms with Crippen molar-refractivity contribution in [2.24, 2.45) is 0 Å². The fraction of sp³-hybridized carbons (Fsp3) is 0.538. The van der Waals surface area contributed by atoms with Crippen molar-refractivity contribution in [3.8, 4) is 0 Å². The number of rotatable bonds is 3. The van der Waals surface area contributed by atoms with Crippen LogP contribution in [0.1, 0.15) is 18.4 Å². The Hall–Kier alpha value is -0.620. The maximum Gasteiger partial charge on any atom is 0.243 e. The maximum atomic E-state index is 12.4. The first kappa shape index (κ1) is 16.4. The molecule has 1 aliphatic heterocycles. The first-order valence-corrected chi connectivity index (χ1v) is 7.72. The van der Waals surface area contributed by atoms with Crippen LogP contribution in [0.4, 0.5) is 0 Å². The fourth-order valence-electron chi connectivity index (χ4n) is 2.24. The third kappa shape index (κ3) is 3.69. The Morgan fingerprint density at radius 2 is 1.68 bits per heavy atom. The third-order valence-corrected chi connectivity index (χ3v) is 5.43. The summed E-state index contributed by atoms with van der Waals surface area (Å²) in [5.41, 5.74) is 1.07. The fourth-order valence-corrected chi connectivity index (χ4v) is 3.71. The Bertz CT molecular complexity index is 494. The second-order valence-electron chi connectivity index (χ2n) is 4.78. The normalized spacial score (nSPS) is 18.0. The molecule has 1 aliphatic rings. The van der Waals surface area contributed by atoms with Crippen molar-refractivity contribution in [2.45, 2.75) is 30.7 Å². The van der Waals surface area contributed by atoms with Gasteiger partial charge in [0.25, 0.3) is 0 Å². The molecule has 0 bridgehead atoms. The average Bonchev–Trinajstić information content (AvgIpc) is 2.39. The standard InChI is InChI=1S/C13H20N2O2S.ClH/c1-11-3-5-13(6-4-11)18(16,17)15-9-7-12(14-2)8-10-15;/h3-6,12,14H,7-10H2,1-2H3;1H. The van der Waals surface area contributed by atoms with Gasteiger partial charge in [0.05, 0.1) is 4.90 Å². The number of aryl methyl sites for hydroxylation is 1. The van der Waals surface area contributed by atoms with Crippen LogP contribution in [0, 0.1) is 6.92 Å². The monoisotopic (exact) mass is 304 g/mol. The molecular formula is C13H21ClN2O2S. The molecule has 1 aromatic carbocycles. The molecule has 2 rings (SSSR count). The smallest absolute Gasteiger partial charge is 0.243 e. The number of hydrogen-bond acceptors (Lipinski definition) is 3. The molecule has 1 aromatic rings. The van der Waals surface area contributed by atoms with Gasteiger partial charge in [-0.15, -0.1) is 12.4 Å². The Labute approximate surface area is 121 Å². The minimum absolute atomic E-state index is 0. The van der Waals surface area contributed by atoms with Crippen molar-refractivity contribution in [1.82, 2.24) is 9.62 Å². The van der Waals surface area contributed by atoms with Gasteiger partial charge in [-0.3, -0.25) is 0 Å². The highest BCUT2D eigenvalue weighted by Gasteiger charge is 2.28. The first-order valence-electron chi connectivity index (χ1n) is 6.28. The molecule has 0 spiro atoms. The molecule has 1 fully saturated rings. The lowest BCUT2D eigenvalue weighted by Crippen LogP contribution is -2.43. The predicted octanol–water partition coefficient (Wildman–Crippen LogP) is 1.79. The summed E-state index contributed by atoms with van der Waals surface area (Å²) in [6, 6.07) is 7.50. The minimum atomic E-state index is -3.30. The molecule has 0 aromatic heterocycles. The SMILES string of the molecule is CNC1CCN(S(=O)(=O)c2ccc(C)cc2)CC1.Cl. The lowest BCUT2D eigenvalue weighted by molar-refractivity contribution is 0.298. The van der Waals surface area contributed by atoms with Crippen molar-refractivity contribution in [2.75, 3.05) is 20.1 Å². The van der Waals surface area contributed by atoms with Crippen molar-refractivity contribution < 1.29 is 8.42 Å².